The number of fused-ring (bicyclic) bond motifs is 1. The van der Waals surface area contributed by atoms with Gasteiger partial charge < -0.3 is 40.4 Å². The molecule has 3 aromatic carbocycles. The van der Waals surface area contributed by atoms with Crippen LogP contribution in [0, 0.1) is 12.7 Å². The number of pyridine rings is 1. The number of aromatic nitrogens is 3. The molecule has 0 amide bonds. The summed E-state index contributed by atoms with van der Waals surface area (Å²) in [6, 6.07) is 20.1. The number of carbonyl (C=O) groups excluding carboxylic acids is 1. The maximum atomic E-state index is 15.3. The van der Waals surface area contributed by atoms with Gasteiger partial charge in [0.1, 0.15) is 30.3 Å². The quantitative estimate of drug-likeness (QED) is 0.104. The molecule has 14 heteroatoms. The van der Waals surface area contributed by atoms with Gasteiger partial charge in [-0.3, -0.25) is 19.3 Å². The molecule has 2 atom stereocenters. The third-order valence-corrected chi connectivity index (χ3v) is 8.91. The number of nitrogens with two attached hydrogens (primary N) is 1. The molecule has 1 aliphatic heterocycles. The Kier molecular flexibility index (Phi) is 11.0. The minimum Gasteiger partial charge on any atom is -0.491 e. The fraction of sp³-hybridized carbons (Fsp3) is 0.324. The smallest absolute Gasteiger partial charge is 0.319 e. The van der Waals surface area contributed by atoms with E-state index >= 15 is 4.39 Å². The number of β-amino-alcohol motifs (C(OH)–C–C–N with tert-alkyl or cyclic N) is 1. The van der Waals surface area contributed by atoms with Gasteiger partial charge in [0.25, 0.3) is 5.56 Å². The molecule has 1 fully saturated rings. The van der Waals surface area contributed by atoms with E-state index < -0.39 is 29.7 Å². The van der Waals surface area contributed by atoms with E-state index in [1.54, 1.807) is 67.3 Å². The minimum absolute atomic E-state index is 0.0464. The fourth-order valence-electron chi connectivity index (χ4n) is 6.19. The second-order valence-electron chi connectivity index (χ2n) is 12.4. The van der Waals surface area contributed by atoms with Crippen LogP contribution >= 0.6 is 0 Å². The molecular formula is C37H41FN6O7. The van der Waals surface area contributed by atoms with Crippen LogP contribution in [0.15, 0.2) is 83.8 Å². The topological polar surface area (TPSA) is 166 Å². The molecule has 1 saturated heterocycles. The lowest BCUT2D eigenvalue weighted by atomic mass is 10.1. The molecule has 0 bridgehead atoms. The van der Waals surface area contributed by atoms with E-state index in [1.807, 2.05) is 18.2 Å². The standard InChI is InChI=1S/C37H41FN6O7/c1-23-35(37(48)44(42(23)2)25-6-4-3-5-7-25)36(47)41-24-8-11-33(30(38)18-24)51-32-12-15-40-31-19-28(9-10-29(31)32)49-22-26(45)21-43-16-13-27(14-17-43)50-34(46)20-39/h3-12,15,18-19,26-27,36,41,45,47H,13-14,16-17,20-22,39H2,1-2H3. The van der Waals surface area contributed by atoms with Crippen LogP contribution in [-0.2, 0) is 16.6 Å². The number of para-hydroxylation sites is 1. The van der Waals surface area contributed by atoms with Gasteiger partial charge in [-0.2, -0.15) is 0 Å². The molecule has 5 N–H and O–H groups in total. The molecule has 0 radical (unpaired) electrons. The third kappa shape index (κ3) is 8.21. The van der Waals surface area contributed by atoms with Gasteiger partial charge in [-0.05, 0) is 62.2 Å². The Morgan fingerprint density at radius 1 is 1.06 bits per heavy atom. The number of ether oxygens (including phenoxy) is 3. The Hall–Kier alpha value is -5.28. The summed E-state index contributed by atoms with van der Waals surface area (Å²) >= 11 is 0. The predicted molar refractivity (Wildman–Crippen MR) is 189 cm³/mol. The van der Waals surface area contributed by atoms with Gasteiger partial charge in [0.2, 0.25) is 0 Å². The number of hydrogen-bond donors (Lipinski definition) is 4. The second kappa shape index (κ2) is 15.7. The number of halogens is 1. The first-order valence-corrected chi connectivity index (χ1v) is 16.7. The number of esters is 1. The molecular weight excluding hydrogens is 659 g/mol. The number of nitrogens with one attached hydrogen (secondary N) is 1. The third-order valence-electron chi connectivity index (χ3n) is 8.91. The van der Waals surface area contributed by atoms with Gasteiger partial charge in [0.05, 0.1) is 23.3 Å². The molecule has 268 valence electrons. The first-order chi connectivity index (χ1) is 24.6. The Bertz CT molecular complexity index is 2050. The molecule has 1 aliphatic rings. The zero-order chi connectivity index (χ0) is 36.1. The van der Waals surface area contributed by atoms with Crippen LogP contribution < -0.4 is 26.1 Å². The Balaban J connectivity index is 1.06. The van der Waals surface area contributed by atoms with Crippen LogP contribution in [0.3, 0.4) is 0 Å². The van der Waals surface area contributed by atoms with E-state index in [2.05, 4.69) is 15.2 Å². The highest BCUT2D eigenvalue weighted by Crippen LogP contribution is 2.33. The Morgan fingerprint density at radius 3 is 2.55 bits per heavy atom. The largest absolute Gasteiger partial charge is 0.491 e. The first-order valence-electron chi connectivity index (χ1n) is 16.7. The summed E-state index contributed by atoms with van der Waals surface area (Å²) in [5.41, 5.74) is 7.08. The molecule has 0 aliphatic carbocycles. The molecule has 13 nitrogen and oxygen atoms in total. The van der Waals surface area contributed by atoms with Gasteiger partial charge in [0, 0.05) is 61.8 Å². The summed E-state index contributed by atoms with van der Waals surface area (Å²) in [6.07, 6.45) is 0.622. The van der Waals surface area contributed by atoms with E-state index in [1.165, 1.54) is 16.8 Å². The van der Waals surface area contributed by atoms with Crippen LogP contribution in [0.5, 0.6) is 17.2 Å². The summed E-state index contributed by atoms with van der Waals surface area (Å²) in [4.78, 5) is 31.2. The molecule has 0 spiro atoms. The van der Waals surface area contributed by atoms with E-state index in [-0.39, 0.29) is 36.3 Å². The molecule has 2 unspecified atom stereocenters. The average molecular weight is 701 g/mol. The van der Waals surface area contributed by atoms with E-state index in [0.717, 1.165) is 0 Å². The number of aliphatic hydroxyl groups excluding tert-OH is 2. The maximum Gasteiger partial charge on any atom is 0.319 e. The van der Waals surface area contributed by atoms with E-state index in [9.17, 15) is 19.8 Å². The highest BCUT2D eigenvalue weighted by molar-refractivity contribution is 5.86. The molecule has 5 aromatic rings. The zero-order valence-electron chi connectivity index (χ0n) is 28.4. The van der Waals surface area contributed by atoms with Crippen LogP contribution in [0.1, 0.15) is 30.3 Å². The van der Waals surface area contributed by atoms with Crippen molar-refractivity contribution in [3.8, 4) is 22.9 Å². The number of aliphatic hydroxyl groups is 2. The lowest BCUT2D eigenvalue weighted by molar-refractivity contribution is -0.149. The molecule has 0 saturated carbocycles. The van der Waals surface area contributed by atoms with Crippen LogP contribution in [0.25, 0.3) is 16.6 Å². The van der Waals surface area contributed by atoms with E-state index in [0.29, 0.717) is 66.3 Å². The number of anilines is 1. The lowest BCUT2D eigenvalue weighted by Crippen LogP contribution is -2.43. The number of carbonyl (C=O) groups is 1. The molecule has 3 heterocycles. The van der Waals surface area contributed by atoms with Crippen LogP contribution in [0.2, 0.25) is 0 Å². The fourth-order valence-corrected chi connectivity index (χ4v) is 6.19. The van der Waals surface area contributed by atoms with Gasteiger partial charge in [-0.1, -0.05) is 18.2 Å². The molecule has 2 aromatic heterocycles. The van der Waals surface area contributed by atoms with Gasteiger partial charge in [0.15, 0.2) is 17.8 Å². The van der Waals surface area contributed by atoms with Crippen molar-refractivity contribution in [1.29, 1.82) is 0 Å². The van der Waals surface area contributed by atoms with Crippen molar-refractivity contribution in [2.45, 2.75) is 38.2 Å². The summed E-state index contributed by atoms with van der Waals surface area (Å²) in [7, 11) is 1.73. The Labute approximate surface area is 293 Å². The highest BCUT2D eigenvalue weighted by Gasteiger charge is 2.25. The van der Waals surface area contributed by atoms with Crippen LogP contribution in [0.4, 0.5) is 10.1 Å². The van der Waals surface area contributed by atoms with Crippen molar-refractivity contribution in [3.63, 3.8) is 0 Å². The average Bonchev–Trinajstić information content (AvgIpc) is 3.36. The summed E-state index contributed by atoms with van der Waals surface area (Å²) in [5, 5.41) is 25.0. The minimum atomic E-state index is -1.39. The van der Waals surface area contributed by atoms with E-state index in [4.69, 9.17) is 19.9 Å². The zero-order valence-corrected chi connectivity index (χ0v) is 28.4. The molecule has 51 heavy (non-hydrogen) atoms. The number of piperidine rings is 1. The van der Waals surface area contributed by atoms with Crippen molar-refractivity contribution < 1.29 is 33.6 Å². The lowest BCUT2D eigenvalue weighted by Gasteiger charge is -2.32. The number of nitrogens with zero attached hydrogens (tertiary/aromatic N) is 4. The number of benzene rings is 3. The monoisotopic (exact) mass is 700 g/mol. The summed E-state index contributed by atoms with van der Waals surface area (Å²) in [6.45, 7) is 3.46. The summed E-state index contributed by atoms with van der Waals surface area (Å²) < 4.78 is 35.6. The number of hydrogen-bond acceptors (Lipinski definition) is 11. The molecule has 6 rings (SSSR count). The van der Waals surface area contributed by atoms with Crippen molar-refractivity contribution in [1.82, 2.24) is 19.2 Å². The van der Waals surface area contributed by atoms with Gasteiger partial charge in [-0.25, -0.2) is 9.07 Å². The van der Waals surface area contributed by atoms with Crippen molar-refractivity contribution in [2.24, 2.45) is 12.8 Å². The van der Waals surface area contributed by atoms with Crippen LogP contribution in [-0.4, -0.2) is 80.4 Å². The second-order valence-corrected chi connectivity index (χ2v) is 12.4. The predicted octanol–water partition coefficient (Wildman–Crippen LogP) is 3.77. The van der Waals surface area contributed by atoms with Gasteiger partial charge in [-0.15, -0.1) is 0 Å². The normalized spacial score (nSPS) is 15.0. The summed E-state index contributed by atoms with van der Waals surface area (Å²) in [5.74, 6) is -0.265. The highest BCUT2D eigenvalue weighted by atomic mass is 19.1. The Morgan fingerprint density at radius 2 is 1.82 bits per heavy atom. The van der Waals surface area contributed by atoms with Gasteiger partial charge >= 0.3 is 5.97 Å². The first kappa shape index (κ1) is 35.5. The van der Waals surface area contributed by atoms with Crippen molar-refractivity contribution in [3.05, 3.63) is 106 Å². The SMILES string of the molecule is Cc1c(C(O)Nc2ccc(Oc3ccnc4cc(OCC(O)CN5CCC(OC(=O)CN)CC5)ccc34)c(F)c2)c(=O)n(-c2ccccc2)n1C. The van der Waals surface area contributed by atoms with Crippen molar-refractivity contribution in [2.75, 3.05) is 38.1 Å². The van der Waals surface area contributed by atoms with Crippen molar-refractivity contribution >= 4 is 22.6 Å². The number of likely N-dealkylation sites (tertiary alicyclic amines) is 1. The maximum absolute atomic E-state index is 15.3. The number of rotatable bonds is 13.